The van der Waals surface area contributed by atoms with Crippen LogP contribution in [0.1, 0.15) is 33.3 Å². The number of hydrogen-bond donors (Lipinski definition) is 1. The Morgan fingerprint density at radius 3 is 2.18 bits per heavy atom. The van der Waals surface area contributed by atoms with Crippen LogP contribution in [0.15, 0.2) is 36.4 Å². The van der Waals surface area contributed by atoms with Gasteiger partial charge in [0.2, 0.25) is 5.75 Å². The first-order valence-corrected chi connectivity index (χ1v) is 8.68. The Bertz CT molecular complexity index is 1010. The molecule has 0 aliphatic rings. The fraction of sp³-hybridized carbons (Fsp3) is 0.238. The third kappa shape index (κ3) is 3.26. The topological polar surface area (TPSA) is 86.9 Å². The molecule has 7 nitrogen and oxygen atoms in total. The van der Waals surface area contributed by atoms with E-state index in [1.54, 1.807) is 37.3 Å². The maximum Gasteiger partial charge on any atom is 0.355 e. The second kappa shape index (κ2) is 8.04. The molecule has 0 aliphatic carbocycles. The molecule has 28 heavy (non-hydrogen) atoms. The third-order valence-corrected chi connectivity index (χ3v) is 4.34. The van der Waals surface area contributed by atoms with Gasteiger partial charge in [0.1, 0.15) is 5.69 Å². The molecule has 1 N–H and O–H groups in total. The Morgan fingerprint density at radius 2 is 1.61 bits per heavy atom. The molecule has 2 aromatic carbocycles. The summed E-state index contributed by atoms with van der Waals surface area (Å²) < 4.78 is 21.1. The van der Waals surface area contributed by atoms with Crippen LogP contribution in [0.25, 0.3) is 10.9 Å². The number of aromatic amines is 1. The molecule has 3 rings (SSSR count). The number of carbonyl (C=O) groups excluding carboxylic acids is 2. The Labute approximate surface area is 162 Å². The van der Waals surface area contributed by atoms with Crippen molar-refractivity contribution >= 4 is 22.7 Å². The van der Waals surface area contributed by atoms with Gasteiger partial charge < -0.3 is 23.9 Å². The SMILES string of the molecule is CCOC(=O)c1[nH]c2ccccc2c1C(=O)c1cc(OC)c(OC)c(OC)c1. The number of H-pyrrole nitrogens is 1. The fourth-order valence-corrected chi connectivity index (χ4v) is 3.09. The molecule has 146 valence electrons. The highest BCUT2D eigenvalue weighted by molar-refractivity contribution is 6.21. The van der Waals surface area contributed by atoms with Crippen LogP contribution in [-0.2, 0) is 4.74 Å². The second-order valence-corrected chi connectivity index (χ2v) is 5.88. The van der Waals surface area contributed by atoms with Crippen LogP contribution in [0.3, 0.4) is 0 Å². The summed E-state index contributed by atoms with van der Waals surface area (Å²) in [5, 5.41) is 0.629. The standard InChI is InChI=1S/C21H21NO6/c1-5-28-21(24)18-17(13-8-6-7-9-14(13)22-18)19(23)12-10-15(25-2)20(27-4)16(11-12)26-3/h6-11,22H,5H2,1-4H3. The molecule has 0 bridgehead atoms. The lowest BCUT2D eigenvalue weighted by molar-refractivity contribution is 0.0518. The van der Waals surface area contributed by atoms with Gasteiger partial charge in [-0.25, -0.2) is 4.79 Å². The lowest BCUT2D eigenvalue weighted by Crippen LogP contribution is -2.12. The van der Waals surface area contributed by atoms with E-state index in [1.165, 1.54) is 21.3 Å². The molecule has 0 saturated carbocycles. The van der Waals surface area contributed by atoms with Gasteiger partial charge in [-0.1, -0.05) is 18.2 Å². The molecule has 1 heterocycles. The molecule has 0 saturated heterocycles. The Kier molecular flexibility index (Phi) is 5.54. The highest BCUT2D eigenvalue weighted by Gasteiger charge is 2.26. The maximum atomic E-state index is 13.4. The van der Waals surface area contributed by atoms with Crippen molar-refractivity contribution in [3.8, 4) is 17.2 Å². The van der Waals surface area contributed by atoms with Crippen molar-refractivity contribution < 1.29 is 28.5 Å². The first-order chi connectivity index (χ1) is 13.5. The predicted molar refractivity (Wildman–Crippen MR) is 104 cm³/mol. The largest absolute Gasteiger partial charge is 0.493 e. The predicted octanol–water partition coefficient (Wildman–Crippen LogP) is 3.60. The third-order valence-electron chi connectivity index (χ3n) is 4.34. The number of hydrogen-bond acceptors (Lipinski definition) is 6. The van der Waals surface area contributed by atoms with E-state index in [0.717, 1.165) is 0 Å². The smallest absolute Gasteiger partial charge is 0.355 e. The molecule has 0 amide bonds. The normalized spacial score (nSPS) is 10.6. The number of para-hydroxylation sites is 1. The van der Waals surface area contributed by atoms with E-state index in [-0.39, 0.29) is 23.6 Å². The van der Waals surface area contributed by atoms with Gasteiger partial charge in [-0.3, -0.25) is 4.79 Å². The average molecular weight is 383 g/mol. The molecule has 0 unspecified atom stereocenters. The van der Waals surface area contributed by atoms with E-state index in [0.29, 0.717) is 33.7 Å². The van der Waals surface area contributed by atoms with Crippen LogP contribution < -0.4 is 14.2 Å². The van der Waals surface area contributed by atoms with Gasteiger partial charge in [-0.2, -0.15) is 0 Å². The lowest BCUT2D eigenvalue weighted by Gasteiger charge is -2.14. The average Bonchev–Trinajstić information content (AvgIpc) is 3.11. The number of rotatable bonds is 7. The van der Waals surface area contributed by atoms with E-state index in [2.05, 4.69) is 4.98 Å². The summed E-state index contributed by atoms with van der Waals surface area (Å²) in [5.74, 6) is 0.130. The molecule has 0 radical (unpaired) electrons. The maximum absolute atomic E-state index is 13.4. The molecule has 0 fully saturated rings. The van der Waals surface area contributed by atoms with Gasteiger partial charge in [0, 0.05) is 16.5 Å². The number of carbonyl (C=O) groups is 2. The molecular formula is C21H21NO6. The number of ketones is 1. The number of benzene rings is 2. The molecule has 0 spiro atoms. The van der Waals surface area contributed by atoms with E-state index in [1.807, 2.05) is 6.07 Å². The Balaban J connectivity index is 2.21. The summed E-state index contributed by atoms with van der Waals surface area (Å²) in [6.45, 7) is 1.91. The lowest BCUT2D eigenvalue weighted by atomic mass is 9.99. The summed E-state index contributed by atoms with van der Waals surface area (Å²) in [4.78, 5) is 28.8. The molecule has 3 aromatic rings. The van der Waals surface area contributed by atoms with Crippen LogP contribution in [0.5, 0.6) is 17.2 Å². The van der Waals surface area contributed by atoms with Crippen LogP contribution in [0, 0.1) is 0 Å². The van der Waals surface area contributed by atoms with E-state index in [4.69, 9.17) is 18.9 Å². The van der Waals surface area contributed by atoms with Gasteiger partial charge in [0.05, 0.1) is 33.5 Å². The zero-order valence-corrected chi connectivity index (χ0v) is 16.1. The van der Waals surface area contributed by atoms with E-state index >= 15 is 0 Å². The number of fused-ring (bicyclic) bond motifs is 1. The van der Waals surface area contributed by atoms with Crippen molar-refractivity contribution in [2.24, 2.45) is 0 Å². The van der Waals surface area contributed by atoms with Crippen LogP contribution in [0.4, 0.5) is 0 Å². The zero-order valence-electron chi connectivity index (χ0n) is 16.1. The highest BCUT2D eigenvalue weighted by atomic mass is 16.5. The second-order valence-electron chi connectivity index (χ2n) is 5.88. The summed E-state index contributed by atoms with van der Waals surface area (Å²) in [5.41, 5.74) is 1.32. The summed E-state index contributed by atoms with van der Waals surface area (Å²) >= 11 is 0. The van der Waals surface area contributed by atoms with Gasteiger partial charge in [0.15, 0.2) is 17.3 Å². The van der Waals surface area contributed by atoms with Crippen LogP contribution in [0.2, 0.25) is 0 Å². The molecule has 7 heteroatoms. The van der Waals surface area contributed by atoms with Gasteiger partial charge in [0.25, 0.3) is 0 Å². The highest BCUT2D eigenvalue weighted by Crippen LogP contribution is 2.39. The van der Waals surface area contributed by atoms with E-state index < -0.39 is 5.97 Å². The van der Waals surface area contributed by atoms with Gasteiger partial charge >= 0.3 is 5.97 Å². The monoisotopic (exact) mass is 383 g/mol. The van der Waals surface area contributed by atoms with Gasteiger partial charge in [-0.05, 0) is 25.1 Å². The van der Waals surface area contributed by atoms with Crippen molar-refractivity contribution in [2.75, 3.05) is 27.9 Å². The minimum absolute atomic E-state index is 0.113. The molecule has 1 aromatic heterocycles. The first kappa shape index (κ1) is 19.3. The summed E-state index contributed by atoms with van der Waals surface area (Å²) in [7, 11) is 4.43. The van der Waals surface area contributed by atoms with Crippen LogP contribution in [-0.4, -0.2) is 44.7 Å². The van der Waals surface area contributed by atoms with Crippen molar-refractivity contribution in [3.05, 3.63) is 53.2 Å². The minimum atomic E-state index is -0.588. The van der Waals surface area contributed by atoms with E-state index in [9.17, 15) is 9.59 Å². The summed E-state index contributed by atoms with van der Waals surface area (Å²) in [6, 6.07) is 10.3. The van der Waals surface area contributed by atoms with Gasteiger partial charge in [-0.15, -0.1) is 0 Å². The molecule has 0 aliphatic heterocycles. The number of nitrogens with one attached hydrogen (secondary N) is 1. The number of methoxy groups -OCH3 is 3. The molecular weight excluding hydrogens is 362 g/mol. The summed E-state index contributed by atoms with van der Waals surface area (Å²) in [6.07, 6.45) is 0. The Hall–Kier alpha value is -3.48. The number of aromatic nitrogens is 1. The zero-order chi connectivity index (χ0) is 20.3. The van der Waals surface area contributed by atoms with Crippen molar-refractivity contribution in [2.45, 2.75) is 6.92 Å². The van der Waals surface area contributed by atoms with Crippen molar-refractivity contribution in [1.29, 1.82) is 0 Å². The van der Waals surface area contributed by atoms with Crippen molar-refractivity contribution in [1.82, 2.24) is 4.98 Å². The van der Waals surface area contributed by atoms with Crippen molar-refractivity contribution in [3.63, 3.8) is 0 Å². The minimum Gasteiger partial charge on any atom is -0.493 e. The number of esters is 1. The quantitative estimate of drug-likeness (QED) is 0.495. The Morgan fingerprint density at radius 1 is 0.964 bits per heavy atom. The first-order valence-electron chi connectivity index (χ1n) is 8.68. The molecule has 0 atom stereocenters. The number of ether oxygens (including phenoxy) is 4. The fourth-order valence-electron chi connectivity index (χ4n) is 3.09. The van der Waals surface area contributed by atoms with Crippen LogP contribution >= 0.6 is 0 Å².